The van der Waals surface area contributed by atoms with E-state index in [9.17, 15) is 4.39 Å². The van der Waals surface area contributed by atoms with Gasteiger partial charge in [0.25, 0.3) is 0 Å². The average Bonchev–Trinajstić information content (AvgIpc) is 3.00. The first-order chi connectivity index (χ1) is 13.5. The molecule has 0 bridgehead atoms. The van der Waals surface area contributed by atoms with Gasteiger partial charge in [-0.15, -0.1) is 0 Å². The molecule has 28 heavy (non-hydrogen) atoms. The summed E-state index contributed by atoms with van der Waals surface area (Å²) in [5.74, 6) is 2.81. The van der Waals surface area contributed by atoms with E-state index in [1.165, 1.54) is 66.7 Å². The fourth-order valence-corrected chi connectivity index (χ4v) is 6.94. The number of hydrogen-bond acceptors (Lipinski definition) is 3. The summed E-state index contributed by atoms with van der Waals surface area (Å²) in [5, 5.41) is 2.30. The van der Waals surface area contributed by atoms with Crippen LogP contribution >= 0.6 is 23.5 Å². The third-order valence-electron chi connectivity index (χ3n) is 6.23. The second-order valence-corrected chi connectivity index (χ2v) is 10.3. The monoisotopic (exact) mass is 413 g/mol. The van der Waals surface area contributed by atoms with Crippen LogP contribution in [0, 0.1) is 18.2 Å². The lowest BCUT2D eigenvalue weighted by atomic mass is 9.81. The van der Waals surface area contributed by atoms with Gasteiger partial charge in [-0.1, -0.05) is 35.0 Å². The normalized spacial score (nSPS) is 26.6. The van der Waals surface area contributed by atoms with Crippen molar-refractivity contribution < 1.29 is 4.39 Å². The third-order valence-corrected chi connectivity index (χ3v) is 8.62. The molecule has 1 aliphatic carbocycles. The molecule has 4 heteroatoms. The first-order valence-corrected chi connectivity index (χ1v) is 12.1. The van der Waals surface area contributed by atoms with Crippen molar-refractivity contribution in [1.82, 2.24) is 0 Å². The van der Waals surface area contributed by atoms with Crippen LogP contribution in [0.2, 0.25) is 0 Å². The minimum Gasteiger partial charge on any atom is -0.398 e. The van der Waals surface area contributed by atoms with E-state index in [1.54, 1.807) is 11.8 Å². The number of benzene rings is 2. The zero-order chi connectivity index (χ0) is 19.6. The van der Waals surface area contributed by atoms with E-state index in [2.05, 4.69) is 42.3 Å². The molecule has 1 spiro atoms. The Morgan fingerprint density at radius 3 is 2.82 bits per heavy atom. The van der Waals surface area contributed by atoms with Crippen molar-refractivity contribution in [2.24, 2.45) is 5.41 Å². The number of aryl methyl sites for hydroxylation is 1. The molecular weight excluding hydrogens is 385 g/mol. The minimum absolute atomic E-state index is 0.172. The number of rotatable bonds is 3. The Kier molecular flexibility index (Phi) is 6.07. The maximum absolute atomic E-state index is 13.1. The highest BCUT2D eigenvalue weighted by atomic mass is 32.2. The summed E-state index contributed by atoms with van der Waals surface area (Å²) in [7, 11) is 0. The highest BCUT2D eigenvalue weighted by molar-refractivity contribution is 8.02. The number of nitrogens with two attached hydrogens (primary N) is 1. The van der Waals surface area contributed by atoms with E-state index in [-0.39, 0.29) is 5.82 Å². The van der Waals surface area contributed by atoms with E-state index in [1.807, 2.05) is 12.1 Å². The van der Waals surface area contributed by atoms with Gasteiger partial charge < -0.3 is 5.73 Å². The Bertz CT molecular complexity index is 861. The number of anilines is 1. The van der Waals surface area contributed by atoms with Gasteiger partial charge in [0, 0.05) is 16.3 Å². The smallest absolute Gasteiger partial charge is 0.123 e. The van der Waals surface area contributed by atoms with Crippen LogP contribution in [0.5, 0.6) is 0 Å². The van der Waals surface area contributed by atoms with E-state index < -0.39 is 0 Å². The standard InChI is InChI=1S/C24H28FNS2/c1-17-2-7-23(26)22(12-17)19-9-11-24(13-19)10-8-18(14-27-16-24)15-28-21-5-3-20(25)4-6-21/h2-7,12,15,19H,8-11,13-14,16,26H2,1H3. The minimum atomic E-state index is -0.172. The topological polar surface area (TPSA) is 26.0 Å². The highest BCUT2D eigenvalue weighted by Gasteiger charge is 2.40. The van der Waals surface area contributed by atoms with Crippen LogP contribution in [0.1, 0.15) is 49.1 Å². The van der Waals surface area contributed by atoms with Crippen molar-refractivity contribution in [1.29, 1.82) is 0 Å². The van der Waals surface area contributed by atoms with Crippen molar-refractivity contribution in [3.63, 3.8) is 0 Å². The molecule has 0 aromatic heterocycles. The zero-order valence-corrected chi connectivity index (χ0v) is 18.1. The number of hydrogen-bond donors (Lipinski definition) is 1. The summed E-state index contributed by atoms with van der Waals surface area (Å²) in [4.78, 5) is 1.11. The number of nitrogen functional groups attached to an aromatic ring is 1. The van der Waals surface area contributed by atoms with E-state index >= 15 is 0 Å². The van der Waals surface area contributed by atoms with Crippen LogP contribution in [0.25, 0.3) is 0 Å². The molecule has 0 amide bonds. The summed E-state index contributed by atoms with van der Waals surface area (Å²) in [5.41, 5.74) is 11.9. The molecule has 2 unspecified atom stereocenters. The van der Waals surface area contributed by atoms with Gasteiger partial charge in [0.05, 0.1) is 0 Å². The second kappa shape index (κ2) is 8.54. The van der Waals surface area contributed by atoms with Crippen LogP contribution in [0.15, 0.2) is 58.3 Å². The van der Waals surface area contributed by atoms with Crippen LogP contribution in [-0.2, 0) is 0 Å². The van der Waals surface area contributed by atoms with Gasteiger partial charge in [0.15, 0.2) is 0 Å². The molecule has 2 fully saturated rings. The Labute approximate surface area is 176 Å². The second-order valence-electron chi connectivity index (χ2n) is 8.41. The maximum atomic E-state index is 13.1. The highest BCUT2D eigenvalue weighted by Crippen LogP contribution is 2.53. The summed E-state index contributed by atoms with van der Waals surface area (Å²) in [6.07, 6.45) is 6.30. The van der Waals surface area contributed by atoms with E-state index in [0.29, 0.717) is 11.3 Å². The average molecular weight is 414 g/mol. The predicted octanol–water partition coefficient (Wildman–Crippen LogP) is 7.17. The van der Waals surface area contributed by atoms with Crippen molar-refractivity contribution in [3.05, 3.63) is 70.4 Å². The first kappa shape index (κ1) is 19.9. The predicted molar refractivity (Wildman–Crippen MR) is 122 cm³/mol. The van der Waals surface area contributed by atoms with Gasteiger partial charge in [-0.05, 0) is 97.4 Å². The van der Waals surface area contributed by atoms with E-state index in [0.717, 1.165) is 16.3 Å². The molecule has 2 aromatic rings. The first-order valence-electron chi connectivity index (χ1n) is 10.1. The summed E-state index contributed by atoms with van der Waals surface area (Å²) in [6.45, 7) is 2.16. The van der Waals surface area contributed by atoms with Gasteiger partial charge in [-0.2, -0.15) is 11.8 Å². The number of halogens is 1. The molecule has 2 aliphatic rings. The van der Waals surface area contributed by atoms with Crippen molar-refractivity contribution in [3.8, 4) is 0 Å². The fourth-order valence-electron chi connectivity index (χ4n) is 4.60. The molecule has 2 atom stereocenters. The van der Waals surface area contributed by atoms with Crippen LogP contribution in [-0.4, -0.2) is 11.5 Å². The van der Waals surface area contributed by atoms with Crippen molar-refractivity contribution in [2.45, 2.75) is 49.8 Å². The van der Waals surface area contributed by atoms with Crippen molar-refractivity contribution >= 4 is 29.2 Å². The number of thioether (sulfide) groups is 2. The molecule has 0 radical (unpaired) electrons. The van der Waals surface area contributed by atoms with Crippen molar-refractivity contribution in [2.75, 3.05) is 17.2 Å². The summed E-state index contributed by atoms with van der Waals surface area (Å²) in [6, 6.07) is 13.3. The largest absolute Gasteiger partial charge is 0.398 e. The molecular formula is C24H28FNS2. The lowest BCUT2D eigenvalue weighted by Gasteiger charge is -2.27. The molecule has 2 N–H and O–H groups in total. The van der Waals surface area contributed by atoms with Gasteiger partial charge >= 0.3 is 0 Å². The van der Waals surface area contributed by atoms with Gasteiger partial charge in [0.1, 0.15) is 5.82 Å². The van der Waals surface area contributed by atoms with Gasteiger partial charge in [-0.3, -0.25) is 0 Å². The molecule has 148 valence electrons. The zero-order valence-electron chi connectivity index (χ0n) is 16.4. The van der Waals surface area contributed by atoms with Gasteiger partial charge in [0.2, 0.25) is 0 Å². The molecule has 1 nitrogen and oxygen atoms in total. The Hall–Kier alpha value is -1.39. The Morgan fingerprint density at radius 1 is 1.18 bits per heavy atom. The van der Waals surface area contributed by atoms with E-state index in [4.69, 9.17) is 5.73 Å². The molecule has 2 aromatic carbocycles. The van der Waals surface area contributed by atoms with Crippen LogP contribution in [0.4, 0.5) is 10.1 Å². The van der Waals surface area contributed by atoms with Crippen LogP contribution < -0.4 is 5.73 Å². The lowest BCUT2D eigenvalue weighted by Crippen LogP contribution is -2.19. The van der Waals surface area contributed by atoms with Crippen LogP contribution in [0.3, 0.4) is 0 Å². The summed E-state index contributed by atoms with van der Waals surface area (Å²) < 4.78 is 13.1. The fraction of sp³-hybridized carbons (Fsp3) is 0.417. The summed E-state index contributed by atoms with van der Waals surface area (Å²) >= 11 is 3.81. The maximum Gasteiger partial charge on any atom is 0.123 e. The SMILES string of the molecule is Cc1ccc(N)c(C2CCC3(CCC(=CSc4ccc(F)cc4)CSC3)C2)c1. The molecule has 1 saturated carbocycles. The molecule has 1 saturated heterocycles. The lowest BCUT2D eigenvalue weighted by molar-refractivity contribution is 0.316. The molecule has 1 aliphatic heterocycles. The quantitative estimate of drug-likeness (QED) is 0.426. The molecule has 4 rings (SSSR count). The van der Waals surface area contributed by atoms with Gasteiger partial charge in [-0.25, -0.2) is 4.39 Å². The molecule has 1 heterocycles. The Morgan fingerprint density at radius 2 is 2.00 bits per heavy atom. The third kappa shape index (κ3) is 4.60. The Balaban J connectivity index is 1.40.